The summed E-state index contributed by atoms with van der Waals surface area (Å²) in [7, 11) is -3.90. The van der Waals surface area contributed by atoms with Gasteiger partial charge in [-0.15, -0.1) is 0 Å². The first-order valence-corrected chi connectivity index (χ1v) is 10.8. The summed E-state index contributed by atoms with van der Waals surface area (Å²) in [5.74, 6) is -1.75. The highest BCUT2D eigenvalue weighted by Gasteiger charge is 2.34. The van der Waals surface area contributed by atoms with Crippen molar-refractivity contribution < 1.29 is 22.8 Å². The Morgan fingerprint density at radius 2 is 1.72 bits per heavy atom. The second-order valence-corrected chi connectivity index (χ2v) is 9.96. The standard InChI is InChI=1S/C19H28N4O5S/c1-19(2,3)22-16(24)12-21-18(26)13-8-10-23(11-9-13)29(27,28)15-7-5-4-6-14(15)17(20)25/h4-7,13H,8-12H2,1-3H3,(H2,20,25)(H,21,26)(H,22,24). The van der Waals surface area contributed by atoms with Gasteiger partial charge in [-0.05, 0) is 45.7 Å². The van der Waals surface area contributed by atoms with E-state index in [1.165, 1.54) is 22.5 Å². The Morgan fingerprint density at radius 1 is 1.14 bits per heavy atom. The summed E-state index contributed by atoms with van der Waals surface area (Å²) in [6, 6.07) is 5.80. The molecule has 3 amide bonds. The minimum atomic E-state index is -3.90. The lowest BCUT2D eigenvalue weighted by Gasteiger charge is -2.31. The third-order valence-electron chi connectivity index (χ3n) is 4.53. The summed E-state index contributed by atoms with van der Waals surface area (Å²) in [4.78, 5) is 35.6. The number of sulfonamides is 1. The molecular formula is C19H28N4O5S. The third-order valence-corrected chi connectivity index (χ3v) is 6.49. The Morgan fingerprint density at radius 3 is 2.28 bits per heavy atom. The molecule has 29 heavy (non-hydrogen) atoms. The molecule has 4 N–H and O–H groups in total. The smallest absolute Gasteiger partial charge is 0.250 e. The molecule has 0 spiro atoms. The zero-order valence-corrected chi connectivity index (χ0v) is 17.7. The lowest BCUT2D eigenvalue weighted by atomic mass is 9.97. The number of carbonyl (C=O) groups is 3. The van der Waals surface area contributed by atoms with Crippen LogP contribution >= 0.6 is 0 Å². The predicted octanol–water partition coefficient (Wildman–Crippen LogP) is 0.217. The number of benzene rings is 1. The van der Waals surface area contributed by atoms with Gasteiger partial charge in [0, 0.05) is 24.5 Å². The molecule has 1 aromatic rings. The van der Waals surface area contributed by atoms with Crippen molar-refractivity contribution >= 4 is 27.7 Å². The van der Waals surface area contributed by atoms with Gasteiger partial charge >= 0.3 is 0 Å². The summed E-state index contributed by atoms with van der Waals surface area (Å²) in [6.45, 7) is 5.70. The van der Waals surface area contributed by atoms with Gasteiger partial charge in [-0.3, -0.25) is 14.4 Å². The van der Waals surface area contributed by atoms with Crippen molar-refractivity contribution in [2.24, 2.45) is 11.7 Å². The molecule has 0 aliphatic carbocycles. The molecule has 0 bridgehead atoms. The fourth-order valence-electron chi connectivity index (χ4n) is 3.17. The first kappa shape index (κ1) is 22.8. The highest BCUT2D eigenvalue weighted by atomic mass is 32.2. The van der Waals surface area contributed by atoms with Crippen LogP contribution in [0.4, 0.5) is 0 Å². The van der Waals surface area contributed by atoms with Crippen molar-refractivity contribution in [1.29, 1.82) is 0 Å². The van der Waals surface area contributed by atoms with Crippen molar-refractivity contribution in [3.05, 3.63) is 29.8 Å². The third kappa shape index (κ3) is 6.01. The minimum absolute atomic E-state index is 0.0581. The molecule has 1 saturated heterocycles. The molecule has 0 saturated carbocycles. The number of piperidine rings is 1. The van der Waals surface area contributed by atoms with E-state index in [0.717, 1.165) is 0 Å². The fourth-order valence-corrected chi connectivity index (χ4v) is 4.83. The van der Waals surface area contributed by atoms with Crippen LogP contribution in [0.25, 0.3) is 0 Å². The van der Waals surface area contributed by atoms with E-state index in [-0.39, 0.29) is 53.4 Å². The molecular weight excluding hydrogens is 396 g/mol. The second kappa shape index (κ2) is 8.91. The SMILES string of the molecule is CC(C)(C)NC(=O)CNC(=O)C1CCN(S(=O)(=O)c2ccccc2C(N)=O)CC1. The molecule has 1 heterocycles. The van der Waals surface area contributed by atoms with Gasteiger partial charge in [-0.1, -0.05) is 12.1 Å². The maximum absolute atomic E-state index is 12.9. The average molecular weight is 425 g/mol. The monoisotopic (exact) mass is 424 g/mol. The lowest BCUT2D eigenvalue weighted by Crippen LogP contribution is -2.48. The molecule has 0 atom stereocenters. The number of primary amides is 1. The summed E-state index contributed by atoms with van der Waals surface area (Å²) in [6.07, 6.45) is 0.648. The molecule has 1 fully saturated rings. The van der Waals surface area contributed by atoms with E-state index in [1.807, 2.05) is 20.8 Å². The van der Waals surface area contributed by atoms with Gasteiger partial charge in [0.1, 0.15) is 0 Å². The van der Waals surface area contributed by atoms with E-state index in [9.17, 15) is 22.8 Å². The van der Waals surface area contributed by atoms with Crippen LogP contribution in [0.2, 0.25) is 0 Å². The van der Waals surface area contributed by atoms with Crippen LogP contribution in [0.5, 0.6) is 0 Å². The molecule has 10 heteroatoms. The Labute approximate surface area is 171 Å². The first-order valence-electron chi connectivity index (χ1n) is 9.39. The highest BCUT2D eigenvalue weighted by molar-refractivity contribution is 7.89. The summed E-state index contributed by atoms with van der Waals surface area (Å²) >= 11 is 0. The topological polar surface area (TPSA) is 139 Å². The van der Waals surface area contributed by atoms with Gasteiger partial charge in [0.15, 0.2) is 0 Å². The number of hydrogen-bond donors (Lipinski definition) is 3. The van der Waals surface area contributed by atoms with E-state index < -0.39 is 15.9 Å². The van der Waals surface area contributed by atoms with Gasteiger partial charge in [0.25, 0.3) is 0 Å². The van der Waals surface area contributed by atoms with Gasteiger partial charge in [-0.25, -0.2) is 8.42 Å². The number of nitrogens with two attached hydrogens (primary N) is 1. The lowest BCUT2D eigenvalue weighted by molar-refractivity contribution is -0.129. The zero-order chi connectivity index (χ0) is 21.8. The molecule has 9 nitrogen and oxygen atoms in total. The van der Waals surface area contributed by atoms with Crippen LogP contribution in [0.15, 0.2) is 29.2 Å². The Bertz CT molecular complexity index is 884. The van der Waals surface area contributed by atoms with Crippen LogP contribution in [0.1, 0.15) is 44.0 Å². The number of amides is 3. The summed E-state index contributed by atoms with van der Waals surface area (Å²) in [5, 5.41) is 5.36. The van der Waals surface area contributed by atoms with Crippen LogP contribution in [-0.2, 0) is 19.6 Å². The molecule has 0 radical (unpaired) electrons. The van der Waals surface area contributed by atoms with Crippen LogP contribution in [-0.4, -0.2) is 55.6 Å². The number of nitrogens with one attached hydrogen (secondary N) is 2. The minimum Gasteiger partial charge on any atom is -0.366 e. The van der Waals surface area contributed by atoms with Crippen molar-refractivity contribution in [2.45, 2.75) is 44.0 Å². The van der Waals surface area contributed by atoms with Crippen molar-refractivity contribution in [3.8, 4) is 0 Å². The van der Waals surface area contributed by atoms with E-state index in [2.05, 4.69) is 10.6 Å². The van der Waals surface area contributed by atoms with Crippen molar-refractivity contribution in [2.75, 3.05) is 19.6 Å². The largest absolute Gasteiger partial charge is 0.366 e. The number of rotatable bonds is 6. The number of nitrogens with zero attached hydrogens (tertiary/aromatic N) is 1. The summed E-state index contributed by atoms with van der Waals surface area (Å²) in [5.41, 5.74) is 4.85. The summed E-state index contributed by atoms with van der Waals surface area (Å²) < 4.78 is 27.1. The van der Waals surface area contributed by atoms with E-state index in [0.29, 0.717) is 12.8 Å². The molecule has 0 unspecified atom stereocenters. The first-order chi connectivity index (χ1) is 13.4. The average Bonchev–Trinajstić information content (AvgIpc) is 2.64. The molecule has 1 aliphatic rings. The number of carbonyl (C=O) groups excluding carboxylic acids is 3. The van der Waals surface area contributed by atoms with Gasteiger partial charge in [0.05, 0.1) is 17.0 Å². The quantitative estimate of drug-likeness (QED) is 0.599. The molecule has 2 rings (SSSR count). The Hall–Kier alpha value is -2.46. The molecule has 160 valence electrons. The maximum Gasteiger partial charge on any atom is 0.250 e. The van der Waals surface area contributed by atoms with Crippen LogP contribution in [0, 0.1) is 5.92 Å². The normalized spacial score (nSPS) is 16.2. The van der Waals surface area contributed by atoms with Crippen LogP contribution < -0.4 is 16.4 Å². The second-order valence-electron chi connectivity index (χ2n) is 8.05. The van der Waals surface area contributed by atoms with E-state index in [4.69, 9.17) is 5.73 Å². The molecule has 1 aromatic carbocycles. The molecule has 1 aliphatic heterocycles. The zero-order valence-electron chi connectivity index (χ0n) is 16.9. The van der Waals surface area contributed by atoms with E-state index >= 15 is 0 Å². The predicted molar refractivity (Wildman–Crippen MR) is 107 cm³/mol. The van der Waals surface area contributed by atoms with Crippen molar-refractivity contribution in [1.82, 2.24) is 14.9 Å². The highest BCUT2D eigenvalue weighted by Crippen LogP contribution is 2.25. The van der Waals surface area contributed by atoms with E-state index in [1.54, 1.807) is 6.07 Å². The maximum atomic E-state index is 12.9. The Kier molecular flexibility index (Phi) is 7.02. The number of hydrogen-bond acceptors (Lipinski definition) is 5. The van der Waals surface area contributed by atoms with Gasteiger partial charge in [0.2, 0.25) is 27.7 Å². The van der Waals surface area contributed by atoms with Crippen LogP contribution in [0.3, 0.4) is 0 Å². The van der Waals surface area contributed by atoms with Gasteiger partial charge in [-0.2, -0.15) is 4.31 Å². The van der Waals surface area contributed by atoms with Gasteiger partial charge < -0.3 is 16.4 Å². The molecule has 0 aromatic heterocycles. The Balaban J connectivity index is 1.96. The fraction of sp³-hybridized carbons (Fsp3) is 0.526. The van der Waals surface area contributed by atoms with Crippen molar-refractivity contribution in [3.63, 3.8) is 0 Å².